The Morgan fingerprint density at radius 2 is 1.92 bits per heavy atom. The molecule has 2 aromatic rings. The molecule has 7 heteroatoms. The van der Waals surface area contributed by atoms with E-state index in [9.17, 15) is 0 Å². The van der Waals surface area contributed by atoms with Crippen molar-refractivity contribution in [3.63, 3.8) is 0 Å². The van der Waals surface area contributed by atoms with E-state index in [1.807, 2.05) is 23.1 Å². The van der Waals surface area contributed by atoms with Crippen LogP contribution in [0.25, 0.3) is 0 Å². The molecule has 0 amide bonds. The van der Waals surface area contributed by atoms with Crippen molar-refractivity contribution in [3.8, 4) is 0 Å². The molecular formula is C19H31IN6. The van der Waals surface area contributed by atoms with E-state index in [2.05, 4.69) is 65.9 Å². The quantitative estimate of drug-likeness (QED) is 0.256. The maximum atomic E-state index is 4.74. The molecule has 0 unspecified atom stereocenters. The van der Waals surface area contributed by atoms with E-state index in [0.717, 1.165) is 38.6 Å². The van der Waals surface area contributed by atoms with Gasteiger partial charge in [-0.15, -0.1) is 24.0 Å². The molecule has 0 saturated heterocycles. The summed E-state index contributed by atoms with van der Waals surface area (Å²) in [5, 5.41) is 11.0. The third-order valence-electron chi connectivity index (χ3n) is 3.84. The van der Waals surface area contributed by atoms with Crippen molar-refractivity contribution in [1.82, 2.24) is 25.3 Å². The van der Waals surface area contributed by atoms with Crippen LogP contribution in [0.15, 0.2) is 47.7 Å². The van der Waals surface area contributed by atoms with Crippen molar-refractivity contribution >= 4 is 29.9 Å². The maximum absolute atomic E-state index is 4.74. The molecule has 2 N–H and O–H groups in total. The van der Waals surface area contributed by atoms with Gasteiger partial charge in [-0.1, -0.05) is 24.3 Å². The molecule has 1 aromatic heterocycles. The summed E-state index contributed by atoms with van der Waals surface area (Å²) >= 11 is 0. The Balaban J connectivity index is 0.00000338. The van der Waals surface area contributed by atoms with Crippen LogP contribution in [0.2, 0.25) is 0 Å². The third kappa shape index (κ3) is 8.18. The van der Waals surface area contributed by atoms with Crippen molar-refractivity contribution in [2.75, 3.05) is 33.7 Å². The highest BCUT2D eigenvalue weighted by molar-refractivity contribution is 14.0. The minimum Gasteiger partial charge on any atom is -0.357 e. The normalized spacial score (nSPS) is 11.3. The Kier molecular flexibility index (Phi) is 11.0. The van der Waals surface area contributed by atoms with Crippen LogP contribution in [-0.2, 0) is 13.1 Å². The molecule has 0 aliphatic carbocycles. The van der Waals surface area contributed by atoms with Crippen LogP contribution in [0.1, 0.15) is 24.5 Å². The summed E-state index contributed by atoms with van der Waals surface area (Å²) < 4.78 is 1.94. The molecule has 0 radical (unpaired) electrons. The molecule has 26 heavy (non-hydrogen) atoms. The van der Waals surface area contributed by atoms with E-state index in [1.165, 1.54) is 11.1 Å². The number of benzene rings is 1. The fraction of sp³-hybridized carbons (Fsp3) is 0.474. The molecule has 0 aliphatic heterocycles. The predicted molar refractivity (Wildman–Crippen MR) is 119 cm³/mol. The molecule has 0 aliphatic rings. The predicted octanol–water partition coefficient (Wildman–Crippen LogP) is 2.56. The summed E-state index contributed by atoms with van der Waals surface area (Å²) in [6, 6.07) is 10.4. The van der Waals surface area contributed by atoms with Gasteiger partial charge >= 0.3 is 0 Å². The highest BCUT2D eigenvalue weighted by Crippen LogP contribution is 2.11. The molecule has 144 valence electrons. The Labute approximate surface area is 174 Å². The largest absolute Gasteiger partial charge is 0.357 e. The summed E-state index contributed by atoms with van der Waals surface area (Å²) in [6.07, 6.45) is 4.88. The second kappa shape index (κ2) is 12.7. The lowest BCUT2D eigenvalue weighted by molar-refractivity contribution is 0.399. The minimum absolute atomic E-state index is 0. The van der Waals surface area contributed by atoms with Crippen LogP contribution in [0, 0.1) is 0 Å². The number of guanidine groups is 1. The van der Waals surface area contributed by atoms with Crippen molar-refractivity contribution in [3.05, 3.63) is 53.9 Å². The molecule has 0 saturated carbocycles. The zero-order valence-electron chi connectivity index (χ0n) is 16.0. The fourth-order valence-corrected chi connectivity index (χ4v) is 2.54. The number of aliphatic imine (C=N–C) groups is 1. The Morgan fingerprint density at radius 1 is 1.15 bits per heavy atom. The average Bonchev–Trinajstić information content (AvgIpc) is 3.10. The van der Waals surface area contributed by atoms with Crippen LogP contribution in [0.3, 0.4) is 0 Å². The standard InChI is InChI=1S/C19H30N6.HI/c1-4-20-19(21-11-7-13-24(2)3)22-15-17-9-5-6-10-18(17)16-25-14-8-12-23-25;/h5-6,8-10,12,14H,4,7,11,13,15-16H2,1-3H3,(H2,20,21,22);1H. The van der Waals surface area contributed by atoms with Crippen LogP contribution in [-0.4, -0.2) is 54.4 Å². The van der Waals surface area contributed by atoms with Gasteiger partial charge in [-0.25, -0.2) is 4.99 Å². The summed E-state index contributed by atoms with van der Waals surface area (Å²) in [6.45, 7) is 6.35. The van der Waals surface area contributed by atoms with Gasteiger partial charge in [-0.2, -0.15) is 5.10 Å². The Morgan fingerprint density at radius 3 is 2.58 bits per heavy atom. The lowest BCUT2D eigenvalue weighted by atomic mass is 10.1. The molecule has 2 rings (SSSR count). The monoisotopic (exact) mass is 470 g/mol. The molecular weight excluding hydrogens is 439 g/mol. The average molecular weight is 470 g/mol. The van der Waals surface area contributed by atoms with E-state index in [1.54, 1.807) is 0 Å². The second-order valence-electron chi connectivity index (χ2n) is 6.25. The summed E-state index contributed by atoms with van der Waals surface area (Å²) in [4.78, 5) is 6.93. The zero-order valence-corrected chi connectivity index (χ0v) is 18.3. The first-order chi connectivity index (χ1) is 12.2. The highest BCUT2D eigenvalue weighted by atomic mass is 127. The zero-order chi connectivity index (χ0) is 17.9. The van der Waals surface area contributed by atoms with E-state index in [0.29, 0.717) is 6.54 Å². The fourth-order valence-electron chi connectivity index (χ4n) is 2.54. The van der Waals surface area contributed by atoms with Crippen LogP contribution >= 0.6 is 24.0 Å². The smallest absolute Gasteiger partial charge is 0.191 e. The molecule has 0 bridgehead atoms. The summed E-state index contributed by atoms with van der Waals surface area (Å²) in [5.41, 5.74) is 2.47. The van der Waals surface area contributed by atoms with Crippen molar-refractivity contribution in [2.45, 2.75) is 26.4 Å². The Hall–Kier alpha value is -1.61. The van der Waals surface area contributed by atoms with E-state index < -0.39 is 0 Å². The first-order valence-electron chi connectivity index (χ1n) is 8.90. The minimum atomic E-state index is 0. The van der Waals surface area contributed by atoms with Gasteiger partial charge in [0.2, 0.25) is 0 Å². The van der Waals surface area contributed by atoms with Gasteiger partial charge in [-0.05, 0) is 51.2 Å². The van der Waals surface area contributed by atoms with E-state index >= 15 is 0 Å². The first kappa shape index (κ1) is 22.4. The van der Waals surface area contributed by atoms with Gasteiger partial charge in [-0.3, -0.25) is 4.68 Å². The van der Waals surface area contributed by atoms with Crippen LogP contribution in [0.4, 0.5) is 0 Å². The topological polar surface area (TPSA) is 57.5 Å². The molecule has 0 fully saturated rings. The molecule has 1 aromatic carbocycles. The van der Waals surface area contributed by atoms with Gasteiger partial charge < -0.3 is 15.5 Å². The van der Waals surface area contributed by atoms with E-state index in [4.69, 9.17) is 4.99 Å². The number of hydrogen-bond donors (Lipinski definition) is 2. The van der Waals surface area contributed by atoms with E-state index in [-0.39, 0.29) is 24.0 Å². The number of aromatic nitrogens is 2. The number of nitrogens with zero attached hydrogens (tertiary/aromatic N) is 4. The Bertz CT molecular complexity index is 639. The van der Waals surface area contributed by atoms with Crippen LogP contribution < -0.4 is 10.6 Å². The third-order valence-corrected chi connectivity index (χ3v) is 3.84. The number of rotatable bonds is 9. The highest BCUT2D eigenvalue weighted by Gasteiger charge is 2.04. The van der Waals surface area contributed by atoms with Gasteiger partial charge in [0.05, 0.1) is 13.1 Å². The molecule has 1 heterocycles. The van der Waals surface area contributed by atoms with Gasteiger partial charge in [0.15, 0.2) is 5.96 Å². The molecule has 6 nitrogen and oxygen atoms in total. The lowest BCUT2D eigenvalue weighted by Gasteiger charge is -2.14. The van der Waals surface area contributed by atoms with Gasteiger partial charge in [0.25, 0.3) is 0 Å². The van der Waals surface area contributed by atoms with Crippen molar-refractivity contribution in [1.29, 1.82) is 0 Å². The summed E-state index contributed by atoms with van der Waals surface area (Å²) in [5.74, 6) is 0.871. The maximum Gasteiger partial charge on any atom is 0.191 e. The number of halogens is 1. The SMILES string of the molecule is CCNC(=NCc1ccccc1Cn1cccn1)NCCCN(C)C.I. The van der Waals surface area contributed by atoms with Gasteiger partial charge in [0, 0.05) is 25.5 Å². The number of hydrogen-bond acceptors (Lipinski definition) is 3. The molecule has 0 spiro atoms. The second-order valence-corrected chi connectivity index (χ2v) is 6.25. The lowest BCUT2D eigenvalue weighted by Crippen LogP contribution is -2.38. The first-order valence-corrected chi connectivity index (χ1v) is 8.90. The van der Waals surface area contributed by atoms with Gasteiger partial charge in [0.1, 0.15) is 0 Å². The van der Waals surface area contributed by atoms with Crippen molar-refractivity contribution < 1.29 is 0 Å². The van der Waals surface area contributed by atoms with Crippen LogP contribution in [0.5, 0.6) is 0 Å². The van der Waals surface area contributed by atoms with Crippen molar-refractivity contribution in [2.24, 2.45) is 4.99 Å². The molecule has 0 atom stereocenters. The summed E-state index contributed by atoms with van der Waals surface area (Å²) in [7, 11) is 4.19. The number of nitrogens with one attached hydrogen (secondary N) is 2.